The van der Waals surface area contributed by atoms with Crippen LogP contribution in [0.5, 0.6) is 5.75 Å². The number of halogens is 1. The van der Waals surface area contributed by atoms with Gasteiger partial charge in [-0.25, -0.2) is 0 Å². The van der Waals surface area contributed by atoms with Crippen LogP contribution in [0.15, 0.2) is 46.9 Å². The Bertz CT molecular complexity index is 888. The number of aryl methyl sites for hydroxylation is 2. The number of benzene rings is 2. The minimum atomic E-state index is -0.637. The molecule has 1 atom stereocenters. The van der Waals surface area contributed by atoms with Gasteiger partial charge in [0, 0.05) is 16.6 Å². The standard InChI is InChI=1S/C24H31BrN2O3/c1-16-7-8-17(2)21(13-16)30-15-22(28)27(14-19-9-11-20(25)12-10-19)18(3)23(29)26-24(4,5)6/h7-13,18H,14-15H2,1-6H3,(H,26,29). The van der Waals surface area contributed by atoms with Crippen molar-refractivity contribution in [2.75, 3.05) is 6.61 Å². The largest absolute Gasteiger partial charge is 0.483 e. The fourth-order valence-corrected chi connectivity index (χ4v) is 3.19. The van der Waals surface area contributed by atoms with Crippen LogP contribution in [-0.4, -0.2) is 34.9 Å². The van der Waals surface area contributed by atoms with E-state index in [2.05, 4.69) is 21.2 Å². The summed E-state index contributed by atoms with van der Waals surface area (Å²) < 4.78 is 6.78. The Kier molecular flexibility index (Phi) is 8.07. The summed E-state index contributed by atoms with van der Waals surface area (Å²) in [5.41, 5.74) is 2.58. The Morgan fingerprint density at radius 1 is 1.10 bits per heavy atom. The molecular formula is C24H31BrN2O3. The zero-order chi connectivity index (χ0) is 22.5. The van der Waals surface area contributed by atoms with Gasteiger partial charge in [-0.3, -0.25) is 9.59 Å². The quantitative estimate of drug-likeness (QED) is 0.628. The molecule has 0 aromatic heterocycles. The van der Waals surface area contributed by atoms with Crippen molar-refractivity contribution in [3.8, 4) is 5.75 Å². The molecule has 0 saturated heterocycles. The number of ether oxygens (including phenoxy) is 1. The second kappa shape index (κ2) is 10.1. The van der Waals surface area contributed by atoms with E-state index in [1.54, 1.807) is 11.8 Å². The molecule has 0 aliphatic heterocycles. The average molecular weight is 475 g/mol. The van der Waals surface area contributed by atoms with Gasteiger partial charge in [-0.05, 0) is 76.4 Å². The van der Waals surface area contributed by atoms with Crippen molar-refractivity contribution >= 4 is 27.7 Å². The number of hydrogen-bond acceptors (Lipinski definition) is 3. The van der Waals surface area contributed by atoms with E-state index >= 15 is 0 Å². The lowest BCUT2D eigenvalue weighted by Crippen LogP contribution is -2.53. The van der Waals surface area contributed by atoms with Gasteiger partial charge in [-0.2, -0.15) is 0 Å². The summed E-state index contributed by atoms with van der Waals surface area (Å²) in [7, 11) is 0. The van der Waals surface area contributed by atoms with Crippen LogP contribution in [0.25, 0.3) is 0 Å². The molecule has 30 heavy (non-hydrogen) atoms. The molecule has 2 amide bonds. The van der Waals surface area contributed by atoms with E-state index in [9.17, 15) is 9.59 Å². The van der Waals surface area contributed by atoms with Crippen LogP contribution >= 0.6 is 15.9 Å². The molecule has 0 fully saturated rings. The summed E-state index contributed by atoms with van der Waals surface area (Å²) in [4.78, 5) is 27.4. The van der Waals surface area contributed by atoms with E-state index in [1.165, 1.54) is 0 Å². The van der Waals surface area contributed by atoms with Crippen molar-refractivity contribution in [2.45, 2.75) is 59.7 Å². The van der Waals surface area contributed by atoms with Crippen LogP contribution in [0.4, 0.5) is 0 Å². The van der Waals surface area contributed by atoms with Crippen molar-refractivity contribution in [1.29, 1.82) is 0 Å². The number of nitrogens with zero attached hydrogens (tertiary/aromatic N) is 1. The Morgan fingerprint density at radius 3 is 2.33 bits per heavy atom. The molecule has 0 heterocycles. The number of carbonyl (C=O) groups is 2. The first-order valence-electron chi connectivity index (χ1n) is 10.0. The lowest BCUT2D eigenvalue weighted by Gasteiger charge is -2.31. The third kappa shape index (κ3) is 7.17. The number of amides is 2. The number of hydrogen-bond donors (Lipinski definition) is 1. The normalized spacial score (nSPS) is 12.2. The molecule has 162 valence electrons. The lowest BCUT2D eigenvalue weighted by atomic mass is 10.1. The van der Waals surface area contributed by atoms with E-state index in [1.807, 2.05) is 77.1 Å². The molecule has 1 N–H and O–H groups in total. The van der Waals surface area contributed by atoms with E-state index in [-0.39, 0.29) is 24.0 Å². The highest BCUT2D eigenvalue weighted by Crippen LogP contribution is 2.20. The van der Waals surface area contributed by atoms with Crippen molar-refractivity contribution in [1.82, 2.24) is 10.2 Å². The van der Waals surface area contributed by atoms with E-state index in [0.717, 1.165) is 21.2 Å². The molecule has 0 aliphatic rings. The smallest absolute Gasteiger partial charge is 0.261 e. The monoisotopic (exact) mass is 474 g/mol. The highest BCUT2D eigenvalue weighted by Gasteiger charge is 2.28. The lowest BCUT2D eigenvalue weighted by molar-refractivity contribution is -0.142. The van der Waals surface area contributed by atoms with Gasteiger partial charge in [0.15, 0.2) is 6.61 Å². The minimum Gasteiger partial charge on any atom is -0.483 e. The van der Waals surface area contributed by atoms with Crippen LogP contribution in [-0.2, 0) is 16.1 Å². The maximum Gasteiger partial charge on any atom is 0.261 e. The molecule has 0 bridgehead atoms. The van der Waals surface area contributed by atoms with Crippen LogP contribution in [0.1, 0.15) is 44.4 Å². The number of nitrogens with one attached hydrogen (secondary N) is 1. The minimum absolute atomic E-state index is 0.131. The van der Waals surface area contributed by atoms with Gasteiger partial charge in [0.2, 0.25) is 5.91 Å². The fraction of sp³-hybridized carbons (Fsp3) is 0.417. The number of rotatable bonds is 7. The molecule has 0 saturated carbocycles. The third-order valence-corrected chi connectivity index (χ3v) is 5.16. The van der Waals surface area contributed by atoms with Crippen molar-refractivity contribution < 1.29 is 14.3 Å². The van der Waals surface area contributed by atoms with Crippen LogP contribution < -0.4 is 10.1 Å². The second-order valence-corrected chi connectivity index (χ2v) is 9.54. The Morgan fingerprint density at radius 2 is 1.73 bits per heavy atom. The SMILES string of the molecule is Cc1ccc(C)c(OCC(=O)N(Cc2ccc(Br)cc2)C(C)C(=O)NC(C)(C)C)c1. The summed E-state index contributed by atoms with van der Waals surface area (Å²) in [6, 6.07) is 13.0. The Labute approximate surface area is 187 Å². The van der Waals surface area contributed by atoms with Crippen LogP contribution in [0, 0.1) is 13.8 Å². The molecule has 5 nitrogen and oxygen atoms in total. The molecule has 2 rings (SSSR count). The summed E-state index contributed by atoms with van der Waals surface area (Å²) in [6.45, 7) is 11.6. The van der Waals surface area contributed by atoms with Gasteiger partial charge in [0.05, 0.1) is 0 Å². The van der Waals surface area contributed by atoms with Crippen molar-refractivity contribution in [3.63, 3.8) is 0 Å². The Balaban J connectivity index is 2.20. The topological polar surface area (TPSA) is 58.6 Å². The van der Waals surface area contributed by atoms with E-state index in [0.29, 0.717) is 12.3 Å². The van der Waals surface area contributed by atoms with Gasteiger partial charge in [0.25, 0.3) is 5.91 Å². The molecule has 0 spiro atoms. The van der Waals surface area contributed by atoms with Gasteiger partial charge in [-0.15, -0.1) is 0 Å². The molecule has 0 aliphatic carbocycles. The highest BCUT2D eigenvalue weighted by molar-refractivity contribution is 9.10. The van der Waals surface area contributed by atoms with E-state index in [4.69, 9.17) is 4.74 Å². The third-order valence-electron chi connectivity index (χ3n) is 4.63. The van der Waals surface area contributed by atoms with Crippen molar-refractivity contribution in [3.05, 3.63) is 63.6 Å². The maximum atomic E-state index is 13.1. The Hall–Kier alpha value is -2.34. The fourth-order valence-electron chi connectivity index (χ4n) is 2.93. The molecular weight excluding hydrogens is 444 g/mol. The van der Waals surface area contributed by atoms with E-state index < -0.39 is 6.04 Å². The van der Waals surface area contributed by atoms with Crippen molar-refractivity contribution in [2.24, 2.45) is 0 Å². The zero-order valence-corrected chi connectivity index (χ0v) is 20.2. The predicted octanol–water partition coefficient (Wildman–Crippen LogP) is 4.78. The van der Waals surface area contributed by atoms with Crippen LogP contribution in [0.2, 0.25) is 0 Å². The van der Waals surface area contributed by atoms with Gasteiger partial charge >= 0.3 is 0 Å². The second-order valence-electron chi connectivity index (χ2n) is 8.62. The van der Waals surface area contributed by atoms with Crippen LogP contribution in [0.3, 0.4) is 0 Å². The van der Waals surface area contributed by atoms with Gasteiger partial charge in [-0.1, -0.05) is 40.2 Å². The summed E-state index contributed by atoms with van der Waals surface area (Å²) in [5, 5.41) is 2.96. The van der Waals surface area contributed by atoms with Gasteiger partial charge < -0.3 is 15.0 Å². The maximum absolute atomic E-state index is 13.1. The summed E-state index contributed by atoms with van der Waals surface area (Å²) in [5.74, 6) is 0.244. The first-order chi connectivity index (χ1) is 14.0. The van der Waals surface area contributed by atoms with Gasteiger partial charge in [0.1, 0.15) is 11.8 Å². The first-order valence-corrected chi connectivity index (χ1v) is 10.8. The first kappa shape index (κ1) is 23.9. The average Bonchev–Trinajstić information content (AvgIpc) is 2.66. The molecule has 0 radical (unpaired) electrons. The zero-order valence-electron chi connectivity index (χ0n) is 18.6. The number of carbonyl (C=O) groups excluding carboxylic acids is 2. The summed E-state index contributed by atoms with van der Waals surface area (Å²) >= 11 is 3.42. The summed E-state index contributed by atoms with van der Waals surface area (Å²) in [6.07, 6.45) is 0. The molecule has 1 unspecified atom stereocenters. The predicted molar refractivity (Wildman–Crippen MR) is 123 cm³/mol. The molecule has 2 aromatic rings. The molecule has 2 aromatic carbocycles. The highest BCUT2D eigenvalue weighted by atomic mass is 79.9. The molecule has 6 heteroatoms.